The topological polar surface area (TPSA) is 58.6 Å². The van der Waals surface area contributed by atoms with E-state index in [2.05, 4.69) is 19.2 Å². The highest BCUT2D eigenvalue weighted by Crippen LogP contribution is 2.24. The molecule has 0 heterocycles. The molecule has 4 nitrogen and oxygen atoms in total. The zero-order valence-corrected chi connectivity index (χ0v) is 12.3. The average molecular weight is 259 g/mol. The second kappa shape index (κ2) is 9.34. The van der Waals surface area contributed by atoms with Gasteiger partial charge in [-0.2, -0.15) is 0 Å². The van der Waals surface area contributed by atoms with Crippen LogP contribution in [-0.4, -0.2) is 36.9 Å². The molecule has 0 rings (SSSR count). The molecule has 2 N–H and O–H groups in total. The summed E-state index contributed by atoms with van der Waals surface area (Å²) in [6.07, 6.45) is 3.50. The quantitative estimate of drug-likeness (QED) is 0.590. The van der Waals surface area contributed by atoms with E-state index in [0.717, 1.165) is 25.7 Å². The van der Waals surface area contributed by atoms with Crippen LogP contribution in [0.15, 0.2) is 0 Å². The molecule has 0 aliphatic carbocycles. The van der Waals surface area contributed by atoms with Crippen molar-refractivity contribution in [1.29, 1.82) is 0 Å². The van der Waals surface area contributed by atoms with Gasteiger partial charge in [0.15, 0.2) is 0 Å². The molecule has 0 radical (unpaired) electrons. The number of hydrogen-bond acceptors (Lipinski definition) is 4. The van der Waals surface area contributed by atoms with Crippen molar-refractivity contribution in [3.05, 3.63) is 0 Å². The van der Waals surface area contributed by atoms with E-state index in [4.69, 9.17) is 4.74 Å². The molecule has 0 aliphatic rings. The normalized spacial score (nSPS) is 13.4. The van der Waals surface area contributed by atoms with Crippen molar-refractivity contribution in [2.24, 2.45) is 5.41 Å². The summed E-state index contributed by atoms with van der Waals surface area (Å²) in [4.78, 5) is 11.8. The molecule has 0 spiro atoms. The van der Waals surface area contributed by atoms with Gasteiger partial charge < -0.3 is 15.2 Å². The molecule has 0 aliphatic heterocycles. The van der Waals surface area contributed by atoms with Gasteiger partial charge in [-0.3, -0.25) is 4.79 Å². The van der Waals surface area contributed by atoms with Crippen LogP contribution in [0, 0.1) is 5.41 Å². The number of ether oxygens (including phenoxy) is 1. The van der Waals surface area contributed by atoms with Gasteiger partial charge in [-0.15, -0.1) is 0 Å². The van der Waals surface area contributed by atoms with E-state index in [1.165, 1.54) is 0 Å². The minimum Gasteiger partial charge on any atom is -0.465 e. The number of carbonyl (C=O) groups excluding carboxylic acids is 1. The fraction of sp³-hybridized carbons (Fsp3) is 0.929. The lowest BCUT2D eigenvalue weighted by Gasteiger charge is -2.31. The van der Waals surface area contributed by atoms with Gasteiger partial charge in [0.05, 0.1) is 6.61 Å². The number of rotatable bonds is 10. The van der Waals surface area contributed by atoms with Gasteiger partial charge in [-0.05, 0) is 26.2 Å². The Bertz CT molecular complexity index is 219. The Hall–Kier alpha value is -0.610. The predicted octanol–water partition coefficient (Wildman–Crippen LogP) is 2.11. The van der Waals surface area contributed by atoms with E-state index in [9.17, 15) is 9.90 Å². The standard InChI is InChI=1S/C14H29NO3/c1-5-9-12(13(17)18-8-4)15-10-14(6-2,7-3)11-16/h12,15-16H,5-11H2,1-4H3. The van der Waals surface area contributed by atoms with Crippen molar-refractivity contribution in [2.75, 3.05) is 19.8 Å². The predicted molar refractivity (Wildman–Crippen MR) is 73.4 cm³/mol. The SMILES string of the molecule is CCCC(NCC(CC)(CC)CO)C(=O)OCC. The van der Waals surface area contributed by atoms with Crippen LogP contribution in [-0.2, 0) is 9.53 Å². The Morgan fingerprint density at radius 3 is 2.28 bits per heavy atom. The summed E-state index contributed by atoms with van der Waals surface area (Å²) in [6, 6.07) is -0.251. The summed E-state index contributed by atoms with van der Waals surface area (Å²) in [5, 5.41) is 12.8. The molecule has 1 atom stereocenters. The third-order valence-electron chi connectivity index (χ3n) is 3.71. The Morgan fingerprint density at radius 1 is 1.28 bits per heavy atom. The minimum absolute atomic E-state index is 0.127. The summed E-state index contributed by atoms with van der Waals surface area (Å²) in [6.45, 7) is 9.22. The first kappa shape index (κ1) is 17.4. The zero-order valence-electron chi connectivity index (χ0n) is 12.3. The van der Waals surface area contributed by atoms with E-state index in [0.29, 0.717) is 13.2 Å². The lowest BCUT2D eigenvalue weighted by molar-refractivity contribution is -0.146. The molecule has 18 heavy (non-hydrogen) atoms. The molecule has 4 heteroatoms. The number of aliphatic hydroxyl groups is 1. The molecular weight excluding hydrogens is 230 g/mol. The van der Waals surface area contributed by atoms with Gasteiger partial charge in [-0.1, -0.05) is 27.2 Å². The van der Waals surface area contributed by atoms with E-state index in [1.54, 1.807) is 0 Å². The lowest BCUT2D eigenvalue weighted by atomic mass is 9.83. The van der Waals surface area contributed by atoms with Crippen LogP contribution in [0.4, 0.5) is 0 Å². The average Bonchev–Trinajstić information content (AvgIpc) is 2.39. The fourth-order valence-electron chi connectivity index (χ4n) is 1.95. The Kier molecular flexibility index (Phi) is 9.02. The van der Waals surface area contributed by atoms with Gasteiger partial charge in [-0.25, -0.2) is 0 Å². The molecule has 0 saturated carbocycles. The van der Waals surface area contributed by atoms with Crippen LogP contribution in [0.2, 0.25) is 0 Å². The minimum atomic E-state index is -0.251. The van der Waals surface area contributed by atoms with Crippen LogP contribution < -0.4 is 5.32 Å². The second-order valence-electron chi connectivity index (χ2n) is 4.84. The largest absolute Gasteiger partial charge is 0.465 e. The van der Waals surface area contributed by atoms with Gasteiger partial charge in [0.2, 0.25) is 0 Å². The van der Waals surface area contributed by atoms with Crippen molar-refractivity contribution in [2.45, 2.75) is 59.4 Å². The number of carbonyl (C=O) groups is 1. The molecule has 0 bridgehead atoms. The maximum atomic E-state index is 11.8. The molecule has 0 aromatic carbocycles. The lowest BCUT2D eigenvalue weighted by Crippen LogP contribution is -2.45. The molecule has 0 aromatic rings. The summed E-state index contributed by atoms with van der Waals surface area (Å²) < 4.78 is 5.06. The van der Waals surface area contributed by atoms with Crippen LogP contribution >= 0.6 is 0 Å². The monoisotopic (exact) mass is 259 g/mol. The van der Waals surface area contributed by atoms with E-state index >= 15 is 0 Å². The second-order valence-corrected chi connectivity index (χ2v) is 4.84. The summed E-state index contributed by atoms with van der Waals surface area (Å²) in [5.41, 5.74) is -0.127. The van der Waals surface area contributed by atoms with E-state index < -0.39 is 0 Å². The van der Waals surface area contributed by atoms with Gasteiger partial charge in [0.1, 0.15) is 6.04 Å². The molecule has 0 amide bonds. The molecule has 0 fully saturated rings. The molecular formula is C14H29NO3. The Morgan fingerprint density at radius 2 is 1.89 bits per heavy atom. The molecule has 108 valence electrons. The van der Waals surface area contributed by atoms with Crippen molar-refractivity contribution < 1.29 is 14.6 Å². The van der Waals surface area contributed by atoms with Crippen molar-refractivity contribution >= 4 is 5.97 Å². The smallest absolute Gasteiger partial charge is 0.323 e. The highest BCUT2D eigenvalue weighted by Gasteiger charge is 2.28. The fourth-order valence-corrected chi connectivity index (χ4v) is 1.95. The highest BCUT2D eigenvalue weighted by molar-refractivity contribution is 5.75. The van der Waals surface area contributed by atoms with E-state index in [-0.39, 0.29) is 24.0 Å². The summed E-state index contributed by atoms with van der Waals surface area (Å²) in [5.74, 6) is -0.182. The van der Waals surface area contributed by atoms with Crippen LogP contribution in [0.1, 0.15) is 53.4 Å². The Balaban J connectivity index is 4.45. The van der Waals surface area contributed by atoms with Gasteiger partial charge >= 0.3 is 5.97 Å². The first-order valence-electron chi connectivity index (χ1n) is 7.09. The van der Waals surface area contributed by atoms with Crippen molar-refractivity contribution in [1.82, 2.24) is 5.32 Å². The number of nitrogens with one attached hydrogen (secondary N) is 1. The van der Waals surface area contributed by atoms with Gasteiger partial charge in [0, 0.05) is 18.6 Å². The molecule has 0 aromatic heterocycles. The third kappa shape index (κ3) is 5.36. The number of esters is 1. The first-order valence-corrected chi connectivity index (χ1v) is 7.09. The highest BCUT2D eigenvalue weighted by atomic mass is 16.5. The maximum absolute atomic E-state index is 11.8. The first-order chi connectivity index (χ1) is 8.59. The van der Waals surface area contributed by atoms with Crippen LogP contribution in [0.25, 0.3) is 0 Å². The maximum Gasteiger partial charge on any atom is 0.323 e. The molecule has 1 unspecified atom stereocenters. The zero-order chi connectivity index (χ0) is 14.0. The van der Waals surface area contributed by atoms with E-state index in [1.807, 2.05) is 13.8 Å². The Labute approximate surface area is 111 Å². The molecule has 0 saturated heterocycles. The van der Waals surface area contributed by atoms with Crippen molar-refractivity contribution in [3.63, 3.8) is 0 Å². The summed E-state index contributed by atoms with van der Waals surface area (Å²) >= 11 is 0. The number of aliphatic hydroxyl groups excluding tert-OH is 1. The van der Waals surface area contributed by atoms with Crippen LogP contribution in [0.3, 0.4) is 0 Å². The van der Waals surface area contributed by atoms with Gasteiger partial charge in [0.25, 0.3) is 0 Å². The summed E-state index contributed by atoms with van der Waals surface area (Å²) in [7, 11) is 0. The van der Waals surface area contributed by atoms with Crippen molar-refractivity contribution in [3.8, 4) is 0 Å². The number of hydrogen-bond donors (Lipinski definition) is 2. The third-order valence-corrected chi connectivity index (χ3v) is 3.71. The van der Waals surface area contributed by atoms with Crippen LogP contribution in [0.5, 0.6) is 0 Å².